The summed E-state index contributed by atoms with van der Waals surface area (Å²) >= 11 is 0. The second kappa shape index (κ2) is 10.2. The molecule has 2 unspecified atom stereocenters. The largest absolute Gasteiger partial charge is 0.367 e. The van der Waals surface area contributed by atoms with E-state index < -0.39 is 11.6 Å². The summed E-state index contributed by atoms with van der Waals surface area (Å²) in [6, 6.07) is 3.94. The third kappa shape index (κ3) is 6.27. The fraction of sp³-hybridized carbons (Fsp3) is 0.667. The molecule has 0 amide bonds. The average Bonchev–Trinajstić information content (AvgIpc) is 3.15. The molecule has 0 aromatic heterocycles. The molecule has 8 heteroatoms. The molecule has 0 aliphatic carbocycles. The summed E-state index contributed by atoms with van der Waals surface area (Å²) in [6.07, 6.45) is 0.883. The fourth-order valence-electron chi connectivity index (χ4n) is 4.03. The molecule has 1 aromatic rings. The molecule has 0 radical (unpaired) electrons. The zero-order chi connectivity index (χ0) is 20.8. The van der Waals surface area contributed by atoms with Crippen LogP contribution in [0.5, 0.6) is 0 Å². The van der Waals surface area contributed by atoms with E-state index in [2.05, 4.69) is 39.4 Å². The molecule has 6 nitrogen and oxygen atoms in total. The van der Waals surface area contributed by atoms with Crippen molar-refractivity contribution in [2.24, 2.45) is 10.9 Å². The smallest absolute Gasteiger partial charge is 0.191 e. The third-order valence-electron chi connectivity index (χ3n) is 5.79. The van der Waals surface area contributed by atoms with Gasteiger partial charge in [0.05, 0.1) is 5.69 Å². The normalized spacial score (nSPS) is 22.7. The summed E-state index contributed by atoms with van der Waals surface area (Å²) in [4.78, 5) is 11.2. The number of nitrogens with one attached hydrogen (secondary N) is 2. The van der Waals surface area contributed by atoms with Crippen LogP contribution in [0.3, 0.4) is 0 Å². The number of hydrogen-bond acceptors (Lipinski definition) is 4. The van der Waals surface area contributed by atoms with E-state index in [0.717, 1.165) is 64.3 Å². The number of rotatable bonds is 6. The van der Waals surface area contributed by atoms with Gasteiger partial charge in [0.2, 0.25) is 0 Å². The molecule has 2 aliphatic rings. The Hall–Kier alpha value is -1.93. The Balaban J connectivity index is 1.42. The average molecular weight is 409 g/mol. The molecule has 29 heavy (non-hydrogen) atoms. The van der Waals surface area contributed by atoms with Gasteiger partial charge in [-0.15, -0.1) is 0 Å². The standard InChI is InChI=1S/C21H34F2N6/c1-16(14-28-10-8-27(3)9-11-28)13-25-21(24-2)26-18-6-7-29(15-18)20-5-4-17(22)12-19(20)23/h4-5,12,16,18H,6-11,13-15H2,1-3H3,(H2,24,25,26). The van der Waals surface area contributed by atoms with E-state index in [-0.39, 0.29) is 6.04 Å². The van der Waals surface area contributed by atoms with Crippen LogP contribution in [-0.2, 0) is 0 Å². The van der Waals surface area contributed by atoms with Crippen molar-refractivity contribution in [3.63, 3.8) is 0 Å². The highest BCUT2D eigenvalue weighted by atomic mass is 19.1. The molecule has 162 valence electrons. The summed E-state index contributed by atoms with van der Waals surface area (Å²) < 4.78 is 27.2. The predicted molar refractivity (Wildman–Crippen MR) is 115 cm³/mol. The number of aliphatic imine (C=N–C) groups is 1. The van der Waals surface area contributed by atoms with Crippen LogP contribution in [0.4, 0.5) is 14.5 Å². The first-order valence-electron chi connectivity index (χ1n) is 10.5. The molecule has 2 N–H and O–H groups in total. The minimum absolute atomic E-state index is 0.179. The highest BCUT2D eigenvalue weighted by molar-refractivity contribution is 5.80. The number of nitrogens with zero attached hydrogens (tertiary/aromatic N) is 4. The highest BCUT2D eigenvalue weighted by Crippen LogP contribution is 2.24. The van der Waals surface area contributed by atoms with Crippen molar-refractivity contribution in [2.45, 2.75) is 19.4 Å². The van der Waals surface area contributed by atoms with Gasteiger partial charge in [-0.25, -0.2) is 8.78 Å². The van der Waals surface area contributed by atoms with E-state index in [1.54, 1.807) is 7.05 Å². The maximum atomic E-state index is 14.0. The van der Waals surface area contributed by atoms with Gasteiger partial charge in [0, 0.05) is 71.5 Å². The zero-order valence-electron chi connectivity index (χ0n) is 17.8. The monoisotopic (exact) mass is 408 g/mol. The van der Waals surface area contributed by atoms with Crippen LogP contribution in [0.2, 0.25) is 0 Å². The summed E-state index contributed by atoms with van der Waals surface area (Å²) in [6.45, 7) is 10.1. The molecule has 0 spiro atoms. The van der Waals surface area contributed by atoms with Crippen molar-refractivity contribution in [3.8, 4) is 0 Å². The first-order valence-corrected chi connectivity index (χ1v) is 10.5. The van der Waals surface area contributed by atoms with E-state index in [1.165, 1.54) is 12.1 Å². The minimum atomic E-state index is -0.546. The third-order valence-corrected chi connectivity index (χ3v) is 5.79. The van der Waals surface area contributed by atoms with Crippen molar-refractivity contribution in [1.82, 2.24) is 20.4 Å². The van der Waals surface area contributed by atoms with Crippen molar-refractivity contribution in [1.29, 1.82) is 0 Å². The lowest BCUT2D eigenvalue weighted by molar-refractivity contribution is 0.139. The number of hydrogen-bond donors (Lipinski definition) is 2. The van der Waals surface area contributed by atoms with E-state index in [4.69, 9.17) is 0 Å². The van der Waals surface area contributed by atoms with E-state index >= 15 is 0 Å². The minimum Gasteiger partial charge on any atom is -0.367 e. The number of halogens is 2. The first-order chi connectivity index (χ1) is 13.9. The summed E-state index contributed by atoms with van der Waals surface area (Å²) in [5, 5.41) is 6.87. The quantitative estimate of drug-likeness (QED) is 0.553. The Morgan fingerprint density at radius 1 is 1.21 bits per heavy atom. The second-order valence-electron chi connectivity index (χ2n) is 8.33. The Kier molecular flexibility index (Phi) is 7.66. The molecular formula is C21H34F2N6. The summed E-state index contributed by atoms with van der Waals surface area (Å²) in [7, 11) is 3.94. The molecule has 2 atom stereocenters. The number of piperazine rings is 1. The van der Waals surface area contributed by atoms with Crippen LogP contribution in [-0.4, -0.2) is 88.3 Å². The lowest BCUT2D eigenvalue weighted by Crippen LogP contribution is -2.49. The van der Waals surface area contributed by atoms with Crippen LogP contribution in [0.1, 0.15) is 13.3 Å². The zero-order valence-corrected chi connectivity index (χ0v) is 17.8. The molecule has 2 saturated heterocycles. The van der Waals surface area contributed by atoms with Gasteiger partial charge < -0.3 is 25.3 Å². The Morgan fingerprint density at radius 3 is 2.66 bits per heavy atom. The second-order valence-corrected chi connectivity index (χ2v) is 8.33. The number of benzene rings is 1. The van der Waals surface area contributed by atoms with Crippen LogP contribution in [0, 0.1) is 17.6 Å². The molecule has 2 aliphatic heterocycles. The molecule has 2 heterocycles. The lowest BCUT2D eigenvalue weighted by Gasteiger charge is -2.34. The van der Waals surface area contributed by atoms with Crippen molar-refractivity contribution >= 4 is 11.6 Å². The van der Waals surface area contributed by atoms with E-state index in [1.807, 2.05) is 4.90 Å². The Labute approximate surface area is 172 Å². The molecular weight excluding hydrogens is 374 g/mol. The maximum absolute atomic E-state index is 14.0. The molecule has 1 aromatic carbocycles. The van der Waals surface area contributed by atoms with Gasteiger partial charge in [0.15, 0.2) is 5.96 Å². The highest BCUT2D eigenvalue weighted by Gasteiger charge is 2.25. The SMILES string of the molecule is CN=C(NCC(C)CN1CCN(C)CC1)NC1CCN(c2ccc(F)cc2F)C1. The van der Waals surface area contributed by atoms with Crippen LogP contribution in [0.25, 0.3) is 0 Å². The van der Waals surface area contributed by atoms with Crippen LogP contribution >= 0.6 is 0 Å². The topological polar surface area (TPSA) is 46.1 Å². The van der Waals surface area contributed by atoms with Gasteiger partial charge in [0.25, 0.3) is 0 Å². The van der Waals surface area contributed by atoms with Crippen LogP contribution < -0.4 is 15.5 Å². The molecule has 0 saturated carbocycles. The maximum Gasteiger partial charge on any atom is 0.191 e. The Bertz CT molecular complexity index is 690. The molecule has 3 rings (SSSR count). The van der Waals surface area contributed by atoms with Gasteiger partial charge in [-0.1, -0.05) is 6.92 Å². The Morgan fingerprint density at radius 2 is 1.97 bits per heavy atom. The van der Waals surface area contributed by atoms with E-state index in [0.29, 0.717) is 18.2 Å². The lowest BCUT2D eigenvalue weighted by atomic mass is 10.1. The number of guanidine groups is 1. The van der Waals surface area contributed by atoms with Crippen molar-refractivity contribution < 1.29 is 8.78 Å². The van der Waals surface area contributed by atoms with Crippen molar-refractivity contribution in [2.75, 3.05) is 71.4 Å². The van der Waals surface area contributed by atoms with Crippen LogP contribution in [0.15, 0.2) is 23.2 Å². The molecule has 2 fully saturated rings. The summed E-state index contributed by atoms with van der Waals surface area (Å²) in [5.74, 6) is 0.244. The van der Waals surface area contributed by atoms with Gasteiger partial charge >= 0.3 is 0 Å². The van der Waals surface area contributed by atoms with Gasteiger partial charge in [-0.2, -0.15) is 0 Å². The number of anilines is 1. The van der Waals surface area contributed by atoms with Gasteiger partial charge in [0.1, 0.15) is 11.6 Å². The van der Waals surface area contributed by atoms with E-state index in [9.17, 15) is 8.78 Å². The van der Waals surface area contributed by atoms with Crippen molar-refractivity contribution in [3.05, 3.63) is 29.8 Å². The molecule has 0 bridgehead atoms. The fourth-order valence-corrected chi connectivity index (χ4v) is 4.03. The summed E-state index contributed by atoms with van der Waals surface area (Å²) in [5.41, 5.74) is 0.458. The first kappa shape index (κ1) is 21.8. The predicted octanol–water partition coefficient (Wildman–Crippen LogP) is 1.59. The number of likely N-dealkylation sites (N-methyl/N-ethyl adjacent to an activating group) is 1. The van der Waals surface area contributed by atoms with Gasteiger partial charge in [-0.3, -0.25) is 4.99 Å². The van der Waals surface area contributed by atoms with Gasteiger partial charge in [-0.05, 0) is 31.5 Å².